The van der Waals surface area contributed by atoms with Crippen molar-refractivity contribution < 1.29 is 9.53 Å². The molecule has 1 aromatic rings. The summed E-state index contributed by atoms with van der Waals surface area (Å²) >= 11 is 1.69. The molecule has 1 amide bonds. The Kier molecular flexibility index (Phi) is 5.23. The van der Waals surface area contributed by atoms with Crippen LogP contribution in [-0.4, -0.2) is 53.4 Å². The molecule has 0 spiro atoms. The van der Waals surface area contributed by atoms with Gasteiger partial charge in [0.05, 0.1) is 17.5 Å². The molecule has 3 atom stereocenters. The standard InChI is InChI=1S/C19H28N2O2S/c1-13-10-21(11-14(2)23-13)19(3,4)12-20-18(22)17-9-15-7-5-6-8-16(15)24-17/h5-8,13-14,17H,9-12H2,1-4H3,(H,20,22)/t13-,14-,17+/m1/s1. The summed E-state index contributed by atoms with van der Waals surface area (Å²) in [6, 6.07) is 8.31. The Balaban J connectivity index is 1.54. The quantitative estimate of drug-likeness (QED) is 0.908. The normalized spacial score (nSPS) is 27.8. The first-order valence-electron chi connectivity index (χ1n) is 8.78. The summed E-state index contributed by atoms with van der Waals surface area (Å²) in [5.74, 6) is 0.152. The lowest BCUT2D eigenvalue weighted by atomic mass is 10.00. The number of rotatable bonds is 4. The van der Waals surface area contributed by atoms with Crippen LogP contribution in [-0.2, 0) is 16.0 Å². The maximum atomic E-state index is 12.6. The van der Waals surface area contributed by atoms with E-state index >= 15 is 0 Å². The first-order valence-corrected chi connectivity index (χ1v) is 9.66. The van der Waals surface area contributed by atoms with E-state index in [1.54, 1.807) is 11.8 Å². The number of benzene rings is 1. The van der Waals surface area contributed by atoms with Gasteiger partial charge in [-0.2, -0.15) is 0 Å². The summed E-state index contributed by atoms with van der Waals surface area (Å²) in [5.41, 5.74) is 1.22. The largest absolute Gasteiger partial charge is 0.373 e. The van der Waals surface area contributed by atoms with Crippen molar-refractivity contribution in [1.29, 1.82) is 0 Å². The molecule has 2 aliphatic heterocycles. The van der Waals surface area contributed by atoms with Crippen LogP contribution in [0.15, 0.2) is 29.2 Å². The lowest BCUT2D eigenvalue weighted by Crippen LogP contribution is -2.59. The molecule has 2 heterocycles. The number of carbonyl (C=O) groups excluding carboxylic acids is 1. The van der Waals surface area contributed by atoms with Gasteiger partial charge in [-0.3, -0.25) is 9.69 Å². The van der Waals surface area contributed by atoms with Crippen LogP contribution in [0.3, 0.4) is 0 Å². The van der Waals surface area contributed by atoms with Gasteiger partial charge in [0, 0.05) is 30.1 Å². The predicted molar refractivity (Wildman–Crippen MR) is 98.5 cm³/mol. The third kappa shape index (κ3) is 3.95. The van der Waals surface area contributed by atoms with Gasteiger partial charge in [-0.25, -0.2) is 0 Å². The first kappa shape index (κ1) is 17.8. The van der Waals surface area contributed by atoms with Gasteiger partial charge < -0.3 is 10.1 Å². The molecule has 0 aromatic heterocycles. The van der Waals surface area contributed by atoms with E-state index in [0.29, 0.717) is 6.54 Å². The van der Waals surface area contributed by atoms with Crippen LogP contribution in [0, 0.1) is 0 Å². The second-order valence-electron chi connectivity index (χ2n) is 7.61. The Hall–Kier alpha value is -1.04. The molecular weight excluding hydrogens is 320 g/mol. The zero-order valence-electron chi connectivity index (χ0n) is 15.0. The van der Waals surface area contributed by atoms with Crippen LogP contribution in [0.1, 0.15) is 33.3 Å². The molecule has 2 aliphatic rings. The highest BCUT2D eigenvalue weighted by atomic mass is 32.2. The molecule has 132 valence electrons. The van der Waals surface area contributed by atoms with Crippen LogP contribution >= 0.6 is 11.8 Å². The Labute approximate surface area is 149 Å². The van der Waals surface area contributed by atoms with Gasteiger partial charge in [-0.1, -0.05) is 18.2 Å². The van der Waals surface area contributed by atoms with Crippen molar-refractivity contribution in [1.82, 2.24) is 10.2 Å². The number of ether oxygens (including phenoxy) is 1. The first-order chi connectivity index (χ1) is 11.3. The summed E-state index contributed by atoms with van der Waals surface area (Å²) < 4.78 is 5.82. The Bertz CT molecular complexity index is 570. The smallest absolute Gasteiger partial charge is 0.233 e. The molecule has 1 fully saturated rings. The van der Waals surface area contributed by atoms with E-state index < -0.39 is 0 Å². The molecule has 0 aliphatic carbocycles. The molecule has 1 N–H and O–H groups in total. The number of carbonyl (C=O) groups is 1. The third-order valence-electron chi connectivity index (χ3n) is 4.91. The van der Waals surface area contributed by atoms with E-state index in [1.807, 2.05) is 12.1 Å². The summed E-state index contributed by atoms with van der Waals surface area (Å²) in [6.45, 7) is 11.1. The summed E-state index contributed by atoms with van der Waals surface area (Å²) in [7, 11) is 0. The van der Waals surface area contributed by atoms with E-state index in [1.165, 1.54) is 10.5 Å². The van der Waals surface area contributed by atoms with Gasteiger partial charge in [0.15, 0.2) is 0 Å². The molecule has 1 aromatic carbocycles. The van der Waals surface area contributed by atoms with Gasteiger partial charge in [0.1, 0.15) is 0 Å². The average molecular weight is 349 g/mol. The highest BCUT2D eigenvalue weighted by Crippen LogP contribution is 2.36. The number of hydrogen-bond donors (Lipinski definition) is 1. The van der Waals surface area contributed by atoms with Crippen molar-refractivity contribution in [2.45, 2.75) is 62.0 Å². The maximum Gasteiger partial charge on any atom is 0.233 e. The number of nitrogens with zero attached hydrogens (tertiary/aromatic N) is 1. The van der Waals surface area contributed by atoms with Crippen molar-refractivity contribution in [3.63, 3.8) is 0 Å². The molecule has 0 saturated carbocycles. The zero-order valence-corrected chi connectivity index (χ0v) is 15.9. The number of hydrogen-bond acceptors (Lipinski definition) is 4. The predicted octanol–water partition coefficient (Wildman–Crippen LogP) is 2.71. The van der Waals surface area contributed by atoms with Crippen LogP contribution in [0.4, 0.5) is 0 Å². The minimum absolute atomic E-state index is 0.000682. The van der Waals surface area contributed by atoms with Crippen molar-refractivity contribution in [2.24, 2.45) is 0 Å². The van der Waals surface area contributed by atoms with Gasteiger partial charge >= 0.3 is 0 Å². The second-order valence-corrected chi connectivity index (χ2v) is 8.86. The summed E-state index contributed by atoms with van der Waals surface area (Å²) in [6.07, 6.45) is 1.31. The molecule has 3 rings (SSSR count). The molecule has 1 saturated heterocycles. The number of amides is 1. The lowest BCUT2D eigenvalue weighted by Gasteiger charge is -2.45. The topological polar surface area (TPSA) is 41.6 Å². The molecule has 0 unspecified atom stereocenters. The Morgan fingerprint density at radius 2 is 1.96 bits per heavy atom. The van der Waals surface area contributed by atoms with Crippen molar-refractivity contribution in [3.8, 4) is 0 Å². The SMILES string of the molecule is C[C@@H]1CN(C(C)(C)CNC(=O)[C@@H]2Cc3ccccc3S2)C[C@@H](C)O1. The second kappa shape index (κ2) is 7.06. The minimum Gasteiger partial charge on any atom is -0.373 e. The fourth-order valence-electron chi connectivity index (χ4n) is 3.53. The highest BCUT2D eigenvalue weighted by Gasteiger charge is 2.35. The Morgan fingerprint density at radius 3 is 2.62 bits per heavy atom. The van der Waals surface area contributed by atoms with Crippen LogP contribution in [0.25, 0.3) is 0 Å². The average Bonchev–Trinajstić information content (AvgIpc) is 2.96. The zero-order chi connectivity index (χ0) is 17.3. The van der Waals surface area contributed by atoms with E-state index in [9.17, 15) is 4.79 Å². The van der Waals surface area contributed by atoms with Crippen LogP contribution in [0.2, 0.25) is 0 Å². The van der Waals surface area contributed by atoms with E-state index in [4.69, 9.17) is 4.74 Å². The van der Waals surface area contributed by atoms with Crippen molar-refractivity contribution in [3.05, 3.63) is 29.8 Å². The van der Waals surface area contributed by atoms with E-state index in [0.717, 1.165) is 19.5 Å². The number of nitrogens with one attached hydrogen (secondary N) is 1. The minimum atomic E-state index is -0.0713. The fourth-order valence-corrected chi connectivity index (χ4v) is 4.75. The summed E-state index contributed by atoms with van der Waals surface area (Å²) in [4.78, 5) is 16.3. The van der Waals surface area contributed by atoms with Crippen molar-refractivity contribution in [2.75, 3.05) is 19.6 Å². The van der Waals surface area contributed by atoms with E-state index in [-0.39, 0.29) is 28.9 Å². The number of fused-ring (bicyclic) bond motifs is 1. The highest BCUT2D eigenvalue weighted by molar-refractivity contribution is 8.01. The van der Waals surface area contributed by atoms with Crippen LogP contribution in [0.5, 0.6) is 0 Å². The van der Waals surface area contributed by atoms with Gasteiger partial charge in [0.25, 0.3) is 0 Å². The Morgan fingerprint density at radius 1 is 1.29 bits per heavy atom. The van der Waals surface area contributed by atoms with Crippen LogP contribution < -0.4 is 5.32 Å². The number of thioether (sulfide) groups is 1. The third-order valence-corrected chi connectivity index (χ3v) is 6.23. The molecule has 4 nitrogen and oxygen atoms in total. The summed E-state index contributed by atoms with van der Waals surface area (Å²) in [5, 5.41) is 3.19. The van der Waals surface area contributed by atoms with Crippen molar-refractivity contribution >= 4 is 17.7 Å². The van der Waals surface area contributed by atoms with Gasteiger partial charge in [-0.15, -0.1) is 11.8 Å². The molecule has 0 bridgehead atoms. The lowest BCUT2D eigenvalue weighted by molar-refractivity contribution is -0.122. The molecule has 24 heavy (non-hydrogen) atoms. The number of morpholine rings is 1. The molecule has 5 heteroatoms. The fraction of sp³-hybridized carbons (Fsp3) is 0.632. The van der Waals surface area contributed by atoms with E-state index in [2.05, 4.69) is 50.0 Å². The molecule has 0 radical (unpaired) electrons. The maximum absolute atomic E-state index is 12.6. The monoisotopic (exact) mass is 348 g/mol. The van der Waals surface area contributed by atoms with Gasteiger partial charge in [0.2, 0.25) is 5.91 Å². The van der Waals surface area contributed by atoms with Gasteiger partial charge in [-0.05, 0) is 45.7 Å². The molecular formula is C19H28N2O2S.